The van der Waals surface area contributed by atoms with Crippen molar-refractivity contribution in [2.75, 3.05) is 13.1 Å². The second-order valence-electron chi connectivity index (χ2n) is 5.42. The van der Waals surface area contributed by atoms with Crippen LogP contribution in [-0.4, -0.2) is 44.0 Å². The van der Waals surface area contributed by atoms with E-state index in [1.165, 1.54) is 0 Å². The van der Waals surface area contributed by atoms with Gasteiger partial charge in [-0.1, -0.05) is 6.07 Å². The van der Waals surface area contributed by atoms with E-state index in [2.05, 4.69) is 4.84 Å². The van der Waals surface area contributed by atoms with Crippen molar-refractivity contribution >= 4 is 15.8 Å². The number of benzene rings is 1. The van der Waals surface area contributed by atoms with E-state index in [9.17, 15) is 43.9 Å². The number of carbonyl (C=O) groups excluding carboxylic acids is 1. The SMILES string of the molecule is O=C(ON1CC(S(=O)(=O)Cc2c(F)cccc2C(F)(F)F)C1)C(F)(F)F. The molecule has 1 heterocycles. The molecule has 0 amide bonds. The van der Waals surface area contributed by atoms with Gasteiger partial charge in [-0.3, -0.25) is 0 Å². The number of alkyl halides is 6. The smallest absolute Gasteiger partial charge is 0.361 e. The van der Waals surface area contributed by atoms with Crippen LogP contribution in [0.1, 0.15) is 11.1 Å². The molecular formula is C13H10F7NO4S. The highest BCUT2D eigenvalue weighted by Gasteiger charge is 2.47. The molecule has 1 aromatic rings. The van der Waals surface area contributed by atoms with Crippen LogP contribution in [0, 0.1) is 5.82 Å². The maximum Gasteiger partial charge on any atom is 0.492 e. The van der Waals surface area contributed by atoms with Gasteiger partial charge in [-0.2, -0.15) is 26.3 Å². The lowest BCUT2D eigenvalue weighted by molar-refractivity contribution is -0.249. The molecule has 0 unspecified atom stereocenters. The second kappa shape index (κ2) is 6.68. The van der Waals surface area contributed by atoms with Crippen molar-refractivity contribution in [2.45, 2.75) is 23.4 Å². The third-order valence-corrected chi connectivity index (χ3v) is 5.54. The average Bonchev–Trinajstić information content (AvgIpc) is 2.41. The van der Waals surface area contributed by atoms with Crippen molar-refractivity contribution in [1.82, 2.24) is 5.06 Å². The lowest BCUT2D eigenvalue weighted by Crippen LogP contribution is -2.56. The standard InChI is InChI=1S/C13H10F7NO4S/c14-10-3-1-2-9(12(15,16)17)8(10)6-26(23,24)7-4-21(5-7)25-11(22)13(18,19)20/h1-3,7H,4-6H2. The van der Waals surface area contributed by atoms with Gasteiger partial charge in [-0.25, -0.2) is 17.6 Å². The lowest BCUT2D eigenvalue weighted by Gasteiger charge is -2.36. The molecule has 0 bridgehead atoms. The van der Waals surface area contributed by atoms with Gasteiger partial charge in [-0.05, 0) is 12.1 Å². The zero-order valence-corrected chi connectivity index (χ0v) is 13.4. The van der Waals surface area contributed by atoms with Crippen molar-refractivity contribution in [3.05, 3.63) is 35.1 Å². The Morgan fingerprint density at radius 1 is 1.15 bits per heavy atom. The minimum Gasteiger partial charge on any atom is -0.361 e. The summed E-state index contributed by atoms with van der Waals surface area (Å²) in [6.45, 7) is -1.33. The molecule has 1 fully saturated rings. The normalized spacial score (nSPS) is 17.0. The Morgan fingerprint density at radius 2 is 1.73 bits per heavy atom. The van der Waals surface area contributed by atoms with Gasteiger partial charge < -0.3 is 4.84 Å². The second-order valence-corrected chi connectivity index (χ2v) is 7.70. The summed E-state index contributed by atoms with van der Waals surface area (Å²) in [5.41, 5.74) is -2.54. The van der Waals surface area contributed by atoms with Crippen LogP contribution < -0.4 is 0 Å². The molecule has 146 valence electrons. The Morgan fingerprint density at radius 3 is 2.23 bits per heavy atom. The first-order valence-electron chi connectivity index (χ1n) is 6.82. The quantitative estimate of drug-likeness (QED) is 0.715. The molecule has 5 nitrogen and oxygen atoms in total. The fourth-order valence-electron chi connectivity index (χ4n) is 2.16. The topological polar surface area (TPSA) is 63.7 Å². The van der Waals surface area contributed by atoms with Gasteiger partial charge in [0.05, 0.1) is 29.7 Å². The zero-order valence-electron chi connectivity index (χ0n) is 12.6. The van der Waals surface area contributed by atoms with Gasteiger partial charge in [0.15, 0.2) is 9.84 Å². The first-order valence-corrected chi connectivity index (χ1v) is 8.53. The highest BCUT2D eigenvalue weighted by atomic mass is 32.2. The highest BCUT2D eigenvalue weighted by molar-refractivity contribution is 7.91. The zero-order chi connectivity index (χ0) is 19.9. The van der Waals surface area contributed by atoms with E-state index in [-0.39, 0.29) is 0 Å². The van der Waals surface area contributed by atoms with Crippen molar-refractivity contribution in [3.63, 3.8) is 0 Å². The van der Waals surface area contributed by atoms with Crippen molar-refractivity contribution in [3.8, 4) is 0 Å². The fraction of sp³-hybridized carbons (Fsp3) is 0.462. The van der Waals surface area contributed by atoms with Crippen LogP contribution >= 0.6 is 0 Å². The molecule has 1 aromatic carbocycles. The number of nitrogens with zero attached hydrogens (tertiary/aromatic N) is 1. The predicted octanol–water partition coefficient (Wildman–Crippen LogP) is 2.46. The van der Waals surface area contributed by atoms with Crippen molar-refractivity contribution < 1.29 is 48.8 Å². The molecule has 1 saturated heterocycles. The molecule has 13 heteroatoms. The molecule has 1 aliphatic rings. The molecule has 0 aromatic heterocycles. The number of halogens is 7. The predicted molar refractivity (Wildman–Crippen MR) is 71.5 cm³/mol. The molecule has 0 saturated carbocycles. The van der Waals surface area contributed by atoms with E-state index in [1.54, 1.807) is 0 Å². The molecule has 0 N–H and O–H groups in total. The van der Waals surface area contributed by atoms with Crippen LogP contribution in [0.25, 0.3) is 0 Å². The molecule has 1 aliphatic heterocycles. The van der Waals surface area contributed by atoms with E-state index in [1.807, 2.05) is 0 Å². The first-order chi connectivity index (χ1) is 11.7. The summed E-state index contributed by atoms with van der Waals surface area (Å²) < 4.78 is 113. The fourth-order valence-corrected chi connectivity index (χ4v) is 3.88. The monoisotopic (exact) mass is 409 g/mol. The van der Waals surface area contributed by atoms with Crippen LogP contribution in [0.3, 0.4) is 0 Å². The molecule has 0 atom stereocenters. The Balaban J connectivity index is 2.10. The van der Waals surface area contributed by atoms with Crippen LogP contribution in [0.15, 0.2) is 18.2 Å². The lowest BCUT2D eigenvalue weighted by atomic mass is 10.1. The Kier molecular flexibility index (Phi) is 5.25. The van der Waals surface area contributed by atoms with E-state index in [0.717, 1.165) is 6.07 Å². The van der Waals surface area contributed by atoms with Crippen molar-refractivity contribution in [1.29, 1.82) is 0 Å². The van der Waals surface area contributed by atoms with E-state index in [4.69, 9.17) is 0 Å². The van der Waals surface area contributed by atoms with Gasteiger partial charge in [0.25, 0.3) is 0 Å². The number of hydrogen-bond acceptors (Lipinski definition) is 5. The molecular weight excluding hydrogens is 399 g/mol. The minimum absolute atomic E-state index is 0.407. The van der Waals surface area contributed by atoms with Gasteiger partial charge in [0.2, 0.25) is 0 Å². The Bertz CT molecular complexity index is 798. The Hall–Kier alpha value is -1.89. The maximum absolute atomic E-state index is 13.7. The summed E-state index contributed by atoms with van der Waals surface area (Å²) in [6, 6.07) is 1.96. The van der Waals surface area contributed by atoms with E-state index >= 15 is 0 Å². The number of rotatable bonds is 4. The van der Waals surface area contributed by atoms with Crippen LogP contribution in [0.4, 0.5) is 30.7 Å². The van der Waals surface area contributed by atoms with Gasteiger partial charge in [-0.15, -0.1) is 5.06 Å². The van der Waals surface area contributed by atoms with Gasteiger partial charge in [0.1, 0.15) is 5.82 Å². The van der Waals surface area contributed by atoms with Gasteiger partial charge >= 0.3 is 18.3 Å². The largest absolute Gasteiger partial charge is 0.492 e. The number of carbonyl (C=O) groups is 1. The maximum atomic E-state index is 13.7. The van der Waals surface area contributed by atoms with Gasteiger partial charge in [0, 0.05) is 5.56 Å². The Labute approximate surface area is 142 Å². The summed E-state index contributed by atoms with van der Waals surface area (Å²) in [7, 11) is -4.34. The minimum atomic E-state index is -5.28. The third-order valence-electron chi connectivity index (χ3n) is 3.54. The van der Waals surface area contributed by atoms with E-state index < -0.39 is 69.2 Å². The number of sulfone groups is 1. The summed E-state index contributed by atoms with van der Waals surface area (Å²) >= 11 is 0. The summed E-state index contributed by atoms with van der Waals surface area (Å²) in [5.74, 6) is -5.22. The molecule has 0 radical (unpaired) electrons. The molecule has 26 heavy (non-hydrogen) atoms. The number of hydrogen-bond donors (Lipinski definition) is 0. The molecule has 2 rings (SSSR count). The highest BCUT2D eigenvalue weighted by Crippen LogP contribution is 2.35. The van der Waals surface area contributed by atoms with Crippen LogP contribution in [0.2, 0.25) is 0 Å². The molecule has 0 aliphatic carbocycles. The van der Waals surface area contributed by atoms with Crippen LogP contribution in [0.5, 0.6) is 0 Å². The summed E-state index contributed by atoms with van der Waals surface area (Å²) in [4.78, 5) is 14.5. The summed E-state index contributed by atoms with van der Waals surface area (Å²) in [5, 5.41) is -0.992. The average molecular weight is 409 g/mol. The number of hydroxylamine groups is 2. The van der Waals surface area contributed by atoms with E-state index in [0.29, 0.717) is 17.2 Å². The van der Waals surface area contributed by atoms with Crippen molar-refractivity contribution in [2.24, 2.45) is 0 Å². The van der Waals surface area contributed by atoms with Crippen LogP contribution in [-0.2, 0) is 31.4 Å². The summed E-state index contributed by atoms with van der Waals surface area (Å²) in [6.07, 6.45) is -10.3. The first kappa shape index (κ1) is 20.4. The third kappa shape index (κ3) is 4.44. The molecule has 0 spiro atoms.